The molecule has 1 aromatic rings. The van der Waals surface area contributed by atoms with Crippen molar-refractivity contribution in [3.05, 3.63) is 51.1 Å². The summed E-state index contributed by atoms with van der Waals surface area (Å²) in [5.74, 6) is -4.77. The summed E-state index contributed by atoms with van der Waals surface area (Å²) >= 11 is 0. The van der Waals surface area contributed by atoms with Gasteiger partial charge in [-0.15, -0.1) is 0 Å². The fourth-order valence-electron chi connectivity index (χ4n) is 2.87. The summed E-state index contributed by atoms with van der Waals surface area (Å²) in [7, 11) is 0. The van der Waals surface area contributed by atoms with E-state index in [9.17, 15) is 24.8 Å². The number of non-ortho nitro benzene ring substituents is 1. The molecular weight excluding hydrogens is 344 g/mol. The Hall–Kier alpha value is -2.91. The number of carbonyl (C=O) groups is 2. The zero-order chi connectivity index (χ0) is 19.7. The van der Waals surface area contributed by atoms with Crippen LogP contribution in [-0.4, -0.2) is 39.4 Å². The summed E-state index contributed by atoms with van der Waals surface area (Å²) in [6.07, 6.45) is 1.26. The summed E-state index contributed by atoms with van der Waals surface area (Å²) < 4.78 is 5.39. The van der Waals surface area contributed by atoms with Crippen molar-refractivity contribution in [2.75, 3.05) is 0 Å². The Morgan fingerprint density at radius 1 is 1.19 bits per heavy atom. The average molecular weight is 362 g/mol. The van der Waals surface area contributed by atoms with Crippen LogP contribution in [0.4, 0.5) is 5.69 Å². The monoisotopic (exact) mass is 362 g/mol. The molecule has 0 saturated heterocycles. The Morgan fingerprint density at radius 3 is 2.19 bits per heavy atom. The smallest absolute Gasteiger partial charge is 0.269 e. The van der Waals surface area contributed by atoms with Crippen LogP contribution >= 0.6 is 0 Å². The number of rotatable bonds is 6. The minimum absolute atomic E-state index is 0.0712. The molecule has 0 fully saturated rings. The second-order valence-electron chi connectivity index (χ2n) is 6.07. The molecule has 0 bridgehead atoms. The summed E-state index contributed by atoms with van der Waals surface area (Å²) in [6, 6.07) is 5.52. The number of hydrogen-bond acceptors (Lipinski definition) is 8. The van der Waals surface area contributed by atoms with Crippen LogP contribution in [0.1, 0.15) is 33.3 Å². The van der Waals surface area contributed by atoms with Gasteiger partial charge in [0.2, 0.25) is 0 Å². The number of ether oxygens (including phenoxy) is 1. The predicted molar refractivity (Wildman–Crippen MR) is 90.3 cm³/mol. The maximum absolute atomic E-state index is 12.0. The molecule has 1 aliphatic rings. The van der Waals surface area contributed by atoms with Crippen molar-refractivity contribution in [1.82, 2.24) is 0 Å². The molecule has 9 nitrogen and oxygen atoms in total. The van der Waals surface area contributed by atoms with Gasteiger partial charge in [0.25, 0.3) is 11.5 Å². The lowest BCUT2D eigenvalue weighted by atomic mass is 9.94. The van der Waals surface area contributed by atoms with Gasteiger partial charge in [-0.25, -0.2) is 0 Å². The second-order valence-corrected chi connectivity index (χ2v) is 6.07. The Bertz CT molecular complexity index is 824. The van der Waals surface area contributed by atoms with Gasteiger partial charge in [-0.3, -0.25) is 24.4 Å². The molecular formula is C17H18N2O7. The molecule has 1 heterocycles. The molecule has 0 saturated carbocycles. The molecule has 0 aromatic heterocycles. The van der Waals surface area contributed by atoms with Crippen LogP contribution in [-0.2, 0) is 19.2 Å². The predicted octanol–water partition coefficient (Wildman–Crippen LogP) is 1.87. The van der Waals surface area contributed by atoms with E-state index in [1.807, 2.05) is 0 Å². The van der Waals surface area contributed by atoms with Crippen molar-refractivity contribution in [3.63, 3.8) is 0 Å². The fraction of sp³-hybridized carbons (Fsp3) is 0.353. The van der Waals surface area contributed by atoms with Crippen LogP contribution in [0.15, 0.2) is 40.6 Å². The van der Waals surface area contributed by atoms with Crippen LogP contribution in [0.2, 0.25) is 0 Å². The number of oxime groups is 1. The first-order valence-electron chi connectivity index (χ1n) is 7.63. The van der Waals surface area contributed by atoms with E-state index in [2.05, 4.69) is 5.16 Å². The lowest BCUT2D eigenvalue weighted by molar-refractivity contribution is -0.384. The lowest BCUT2D eigenvalue weighted by Gasteiger charge is -2.26. The quantitative estimate of drug-likeness (QED) is 0.465. The van der Waals surface area contributed by atoms with E-state index in [1.54, 1.807) is 0 Å². The van der Waals surface area contributed by atoms with Gasteiger partial charge in [-0.05, 0) is 38.5 Å². The van der Waals surface area contributed by atoms with E-state index < -0.39 is 28.1 Å². The first-order valence-corrected chi connectivity index (χ1v) is 7.63. The molecule has 0 radical (unpaired) electrons. The zero-order valence-electron chi connectivity index (χ0n) is 14.7. The standard InChI is InChI=1S/C17H18N2O7/c1-10(20)14-15(11(2)21)17(4,25-16(14,3)22)26-18-9-12-5-7-13(8-6-12)19(23)24/h5-9,22H,1-4H3/b18-9+. The molecule has 0 spiro atoms. The van der Waals surface area contributed by atoms with Crippen molar-refractivity contribution in [1.29, 1.82) is 0 Å². The summed E-state index contributed by atoms with van der Waals surface area (Å²) in [5, 5.41) is 24.7. The third-order valence-corrected chi connectivity index (χ3v) is 3.80. The van der Waals surface area contributed by atoms with Crippen molar-refractivity contribution in [2.45, 2.75) is 39.3 Å². The summed E-state index contributed by atoms with van der Waals surface area (Å²) in [6.45, 7) is 5.04. The van der Waals surface area contributed by atoms with Crippen LogP contribution < -0.4 is 0 Å². The normalized spacial score (nSPS) is 25.6. The number of carbonyl (C=O) groups excluding carboxylic acids is 2. The van der Waals surface area contributed by atoms with Gasteiger partial charge in [-0.2, -0.15) is 0 Å². The summed E-state index contributed by atoms with van der Waals surface area (Å²) in [4.78, 5) is 39.2. The van der Waals surface area contributed by atoms with E-state index in [4.69, 9.17) is 9.57 Å². The zero-order valence-corrected chi connectivity index (χ0v) is 14.7. The van der Waals surface area contributed by atoms with E-state index >= 15 is 0 Å². The van der Waals surface area contributed by atoms with Crippen molar-refractivity contribution in [3.8, 4) is 0 Å². The minimum Gasteiger partial charge on any atom is -0.362 e. The van der Waals surface area contributed by atoms with Crippen LogP contribution in [0.3, 0.4) is 0 Å². The van der Waals surface area contributed by atoms with Crippen LogP contribution in [0, 0.1) is 10.1 Å². The second kappa shape index (κ2) is 6.77. The van der Waals surface area contributed by atoms with Crippen molar-refractivity contribution < 1.29 is 29.2 Å². The van der Waals surface area contributed by atoms with Gasteiger partial charge in [-0.1, -0.05) is 5.16 Å². The van der Waals surface area contributed by atoms with Crippen molar-refractivity contribution >= 4 is 23.5 Å². The van der Waals surface area contributed by atoms with Gasteiger partial charge >= 0.3 is 0 Å². The van der Waals surface area contributed by atoms with Gasteiger partial charge in [0.05, 0.1) is 22.3 Å². The molecule has 26 heavy (non-hydrogen) atoms. The number of nitro groups is 1. The first-order chi connectivity index (χ1) is 12.0. The van der Waals surface area contributed by atoms with Crippen LogP contribution in [0.5, 0.6) is 0 Å². The molecule has 9 heteroatoms. The average Bonchev–Trinajstić information content (AvgIpc) is 2.73. The maximum atomic E-state index is 12.0. The Morgan fingerprint density at radius 2 is 1.73 bits per heavy atom. The fourth-order valence-corrected chi connectivity index (χ4v) is 2.87. The van der Waals surface area contributed by atoms with Crippen molar-refractivity contribution in [2.24, 2.45) is 5.16 Å². The molecule has 1 aromatic carbocycles. The molecule has 1 aliphatic heterocycles. The highest BCUT2D eigenvalue weighted by molar-refractivity contribution is 6.07. The molecule has 0 aliphatic carbocycles. The lowest BCUT2D eigenvalue weighted by Crippen LogP contribution is -2.37. The number of hydrogen-bond donors (Lipinski definition) is 1. The molecule has 2 rings (SSSR count). The third kappa shape index (κ3) is 3.68. The Balaban J connectivity index is 2.28. The first kappa shape index (κ1) is 19.4. The van der Waals surface area contributed by atoms with Gasteiger partial charge < -0.3 is 9.94 Å². The number of ketones is 2. The van der Waals surface area contributed by atoms with Crippen LogP contribution in [0.25, 0.3) is 0 Å². The van der Waals surface area contributed by atoms with Gasteiger partial charge in [0.15, 0.2) is 17.4 Å². The van der Waals surface area contributed by atoms with E-state index in [-0.39, 0.29) is 16.8 Å². The van der Waals surface area contributed by atoms with E-state index in [0.29, 0.717) is 5.56 Å². The SMILES string of the molecule is CC(=O)C1=C(C(C)=O)C(C)(O/N=C/c2ccc([N+](=O)[O-])cc2)OC1(C)O. The highest BCUT2D eigenvalue weighted by Crippen LogP contribution is 2.43. The molecule has 1 N–H and O–H groups in total. The van der Waals surface area contributed by atoms with Gasteiger partial charge in [0.1, 0.15) is 0 Å². The van der Waals surface area contributed by atoms with E-state index in [0.717, 1.165) is 0 Å². The highest BCUT2D eigenvalue weighted by Gasteiger charge is 2.55. The number of Topliss-reactive ketones (excluding diaryl/α,β-unsaturated/α-hetero) is 2. The molecule has 2 unspecified atom stereocenters. The topological polar surface area (TPSA) is 128 Å². The molecule has 2 atom stereocenters. The summed E-state index contributed by atoms with van der Waals surface area (Å²) in [5.41, 5.74) is 0.135. The van der Waals surface area contributed by atoms with E-state index in [1.165, 1.54) is 58.2 Å². The largest absolute Gasteiger partial charge is 0.362 e. The number of nitro benzene ring substituents is 1. The maximum Gasteiger partial charge on any atom is 0.269 e. The van der Waals surface area contributed by atoms with Gasteiger partial charge in [0, 0.05) is 19.1 Å². The third-order valence-electron chi connectivity index (χ3n) is 3.80. The molecule has 138 valence electrons. The number of nitrogens with zero attached hydrogens (tertiary/aromatic N) is 2. The molecule has 0 amide bonds. The minimum atomic E-state index is -2.00. The number of benzene rings is 1. The Labute approximate surface area is 149 Å². The Kier molecular flexibility index (Phi) is 5.06. The number of aliphatic hydroxyl groups is 1. The highest BCUT2D eigenvalue weighted by atomic mass is 16.8.